The van der Waals surface area contributed by atoms with Gasteiger partial charge in [0.05, 0.1) is 18.1 Å². The van der Waals surface area contributed by atoms with Gasteiger partial charge in [0, 0.05) is 11.7 Å². The maximum absolute atomic E-state index is 5.27. The van der Waals surface area contributed by atoms with Crippen LogP contribution in [0.5, 0.6) is 5.75 Å². The number of anilines is 1. The van der Waals surface area contributed by atoms with Gasteiger partial charge in [0.2, 0.25) is 0 Å². The topological polar surface area (TPSA) is 49.9 Å². The lowest BCUT2D eigenvalue weighted by Crippen LogP contribution is -2.06. The van der Waals surface area contributed by atoms with Crippen LogP contribution in [0.3, 0.4) is 0 Å². The molecule has 0 saturated heterocycles. The van der Waals surface area contributed by atoms with Crippen LogP contribution in [0.4, 0.5) is 5.69 Å². The SMILES string of the molecule is COc1cccc(C(C)Nc2ccc3nc(C)[nH]c3c2)c1. The molecule has 0 aliphatic rings. The molecule has 4 heteroatoms. The third kappa shape index (κ3) is 2.84. The second-order valence-corrected chi connectivity index (χ2v) is 5.20. The van der Waals surface area contributed by atoms with Crippen molar-refractivity contribution in [1.82, 2.24) is 9.97 Å². The zero-order chi connectivity index (χ0) is 14.8. The first-order valence-electron chi connectivity index (χ1n) is 7.02. The first-order valence-corrected chi connectivity index (χ1v) is 7.02. The van der Waals surface area contributed by atoms with Crippen molar-refractivity contribution in [3.05, 3.63) is 53.9 Å². The quantitative estimate of drug-likeness (QED) is 0.758. The Morgan fingerprint density at radius 3 is 2.86 bits per heavy atom. The van der Waals surface area contributed by atoms with Gasteiger partial charge in [-0.3, -0.25) is 0 Å². The van der Waals surface area contributed by atoms with E-state index in [1.165, 1.54) is 5.56 Å². The number of methoxy groups -OCH3 is 1. The predicted octanol–water partition coefficient (Wildman–Crippen LogP) is 4.05. The van der Waals surface area contributed by atoms with Crippen molar-refractivity contribution in [2.24, 2.45) is 0 Å². The fourth-order valence-electron chi connectivity index (χ4n) is 2.47. The first kappa shape index (κ1) is 13.5. The van der Waals surface area contributed by atoms with Crippen molar-refractivity contribution in [1.29, 1.82) is 0 Å². The summed E-state index contributed by atoms with van der Waals surface area (Å²) < 4.78 is 5.27. The molecule has 0 amide bonds. The van der Waals surface area contributed by atoms with Crippen LogP contribution in [-0.4, -0.2) is 17.1 Å². The highest BCUT2D eigenvalue weighted by molar-refractivity contribution is 5.79. The molecule has 1 unspecified atom stereocenters. The van der Waals surface area contributed by atoms with E-state index < -0.39 is 0 Å². The van der Waals surface area contributed by atoms with Crippen LogP contribution in [0.15, 0.2) is 42.5 Å². The number of hydrogen-bond acceptors (Lipinski definition) is 3. The van der Waals surface area contributed by atoms with Gasteiger partial charge in [-0.25, -0.2) is 4.98 Å². The molecule has 0 fully saturated rings. The van der Waals surface area contributed by atoms with E-state index in [0.717, 1.165) is 28.3 Å². The normalized spacial score (nSPS) is 12.3. The number of rotatable bonds is 4. The molecule has 0 spiro atoms. The maximum atomic E-state index is 5.27. The van der Waals surface area contributed by atoms with Gasteiger partial charge in [0.15, 0.2) is 0 Å². The van der Waals surface area contributed by atoms with E-state index in [9.17, 15) is 0 Å². The number of aryl methyl sites for hydroxylation is 1. The highest BCUT2D eigenvalue weighted by Crippen LogP contribution is 2.24. The molecule has 2 N–H and O–H groups in total. The van der Waals surface area contributed by atoms with Gasteiger partial charge in [-0.2, -0.15) is 0 Å². The van der Waals surface area contributed by atoms with E-state index in [1.54, 1.807) is 7.11 Å². The minimum absolute atomic E-state index is 0.196. The molecule has 3 aromatic rings. The minimum atomic E-state index is 0.196. The summed E-state index contributed by atoms with van der Waals surface area (Å²) in [5.41, 5.74) is 4.30. The fourth-order valence-corrected chi connectivity index (χ4v) is 2.47. The van der Waals surface area contributed by atoms with Crippen LogP contribution >= 0.6 is 0 Å². The highest BCUT2D eigenvalue weighted by Gasteiger charge is 2.07. The van der Waals surface area contributed by atoms with Crippen molar-refractivity contribution in [3.63, 3.8) is 0 Å². The highest BCUT2D eigenvalue weighted by atomic mass is 16.5. The summed E-state index contributed by atoms with van der Waals surface area (Å²) in [5.74, 6) is 1.81. The van der Waals surface area contributed by atoms with E-state index in [2.05, 4.69) is 46.5 Å². The number of imidazole rings is 1. The summed E-state index contributed by atoms with van der Waals surface area (Å²) in [7, 11) is 1.69. The summed E-state index contributed by atoms with van der Waals surface area (Å²) in [6.07, 6.45) is 0. The molecule has 2 aromatic carbocycles. The summed E-state index contributed by atoms with van der Waals surface area (Å²) in [6.45, 7) is 4.10. The van der Waals surface area contributed by atoms with Crippen LogP contribution in [0.25, 0.3) is 11.0 Å². The van der Waals surface area contributed by atoms with E-state index in [4.69, 9.17) is 4.74 Å². The monoisotopic (exact) mass is 281 g/mol. The molecule has 1 heterocycles. The fraction of sp³-hybridized carbons (Fsp3) is 0.235. The van der Waals surface area contributed by atoms with Gasteiger partial charge < -0.3 is 15.0 Å². The largest absolute Gasteiger partial charge is 0.497 e. The third-order valence-corrected chi connectivity index (χ3v) is 3.58. The summed E-state index contributed by atoms with van der Waals surface area (Å²) in [4.78, 5) is 7.67. The lowest BCUT2D eigenvalue weighted by molar-refractivity contribution is 0.414. The van der Waals surface area contributed by atoms with E-state index in [-0.39, 0.29) is 6.04 Å². The number of fused-ring (bicyclic) bond motifs is 1. The van der Waals surface area contributed by atoms with Crippen LogP contribution in [0.2, 0.25) is 0 Å². The van der Waals surface area contributed by atoms with Crippen LogP contribution in [0.1, 0.15) is 24.4 Å². The van der Waals surface area contributed by atoms with E-state index in [0.29, 0.717) is 0 Å². The van der Waals surface area contributed by atoms with Crippen LogP contribution in [0, 0.1) is 6.92 Å². The molecule has 1 atom stereocenters. The number of benzene rings is 2. The van der Waals surface area contributed by atoms with Crippen molar-refractivity contribution < 1.29 is 4.74 Å². The molecule has 1 aromatic heterocycles. The number of H-pyrrole nitrogens is 1. The molecule has 4 nitrogen and oxygen atoms in total. The smallest absolute Gasteiger partial charge is 0.119 e. The van der Waals surface area contributed by atoms with Crippen LogP contribution in [-0.2, 0) is 0 Å². The van der Waals surface area contributed by atoms with E-state index >= 15 is 0 Å². The Morgan fingerprint density at radius 2 is 2.05 bits per heavy atom. The zero-order valence-electron chi connectivity index (χ0n) is 12.5. The van der Waals surface area contributed by atoms with Crippen LogP contribution < -0.4 is 10.1 Å². The van der Waals surface area contributed by atoms with Crippen molar-refractivity contribution >= 4 is 16.7 Å². The Balaban J connectivity index is 1.83. The van der Waals surface area contributed by atoms with Gasteiger partial charge in [0.1, 0.15) is 11.6 Å². The van der Waals surface area contributed by atoms with Gasteiger partial charge in [-0.1, -0.05) is 12.1 Å². The van der Waals surface area contributed by atoms with Crippen molar-refractivity contribution in [2.75, 3.05) is 12.4 Å². The average molecular weight is 281 g/mol. The lowest BCUT2D eigenvalue weighted by atomic mass is 10.1. The predicted molar refractivity (Wildman–Crippen MR) is 85.9 cm³/mol. The lowest BCUT2D eigenvalue weighted by Gasteiger charge is -2.16. The molecule has 21 heavy (non-hydrogen) atoms. The summed E-state index contributed by atoms with van der Waals surface area (Å²) >= 11 is 0. The minimum Gasteiger partial charge on any atom is -0.497 e. The van der Waals surface area contributed by atoms with Gasteiger partial charge in [-0.05, 0) is 49.7 Å². The Kier molecular flexibility index (Phi) is 3.52. The Bertz CT molecular complexity index is 764. The zero-order valence-corrected chi connectivity index (χ0v) is 12.5. The van der Waals surface area contributed by atoms with E-state index in [1.807, 2.05) is 25.1 Å². The van der Waals surface area contributed by atoms with Gasteiger partial charge >= 0.3 is 0 Å². The Morgan fingerprint density at radius 1 is 1.19 bits per heavy atom. The van der Waals surface area contributed by atoms with Crippen molar-refractivity contribution in [2.45, 2.75) is 19.9 Å². The number of aromatic amines is 1. The Hall–Kier alpha value is -2.49. The van der Waals surface area contributed by atoms with Gasteiger partial charge in [0.25, 0.3) is 0 Å². The Labute approximate surface area is 124 Å². The molecule has 3 rings (SSSR count). The average Bonchev–Trinajstić information content (AvgIpc) is 2.86. The molecule has 0 bridgehead atoms. The summed E-state index contributed by atoms with van der Waals surface area (Å²) in [6, 6.07) is 14.5. The first-order chi connectivity index (χ1) is 10.2. The standard InChI is InChI=1S/C17H19N3O/c1-11(13-5-4-6-15(9-13)21-3)18-14-7-8-16-17(10-14)20-12(2)19-16/h4-11,18H,1-3H3,(H,19,20). The van der Waals surface area contributed by atoms with Crippen molar-refractivity contribution in [3.8, 4) is 5.75 Å². The number of hydrogen-bond donors (Lipinski definition) is 2. The molecular weight excluding hydrogens is 262 g/mol. The molecule has 0 saturated carbocycles. The summed E-state index contributed by atoms with van der Waals surface area (Å²) in [5, 5.41) is 3.51. The maximum Gasteiger partial charge on any atom is 0.119 e. The van der Waals surface area contributed by atoms with Gasteiger partial charge in [-0.15, -0.1) is 0 Å². The number of nitrogens with zero attached hydrogens (tertiary/aromatic N) is 1. The second-order valence-electron chi connectivity index (χ2n) is 5.20. The number of nitrogens with one attached hydrogen (secondary N) is 2. The second kappa shape index (κ2) is 5.48. The third-order valence-electron chi connectivity index (χ3n) is 3.58. The number of ether oxygens (including phenoxy) is 1. The molecular formula is C17H19N3O. The number of aromatic nitrogens is 2. The molecule has 108 valence electrons. The molecule has 0 aliphatic carbocycles. The molecule has 0 radical (unpaired) electrons. The molecule has 0 aliphatic heterocycles.